The molecule has 0 radical (unpaired) electrons. The van der Waals surface area contributed by atoms with E-state index in [0.717, 1.165) is 27.9 Å². The van der Waals surface area contributed by atoms with Gasteiger partial charge in [-0.3, -0.25) is 4.79 Å². The molecule has 2 N–H and O–H groups in total. The molecule has 18 heavy (non-hydrogen) atoms. The Balaban J connectivity index is 2.46. The number of nitrogens with one attached hydrogen (secondary N) is 1. The molecule has 1 heterocycles. The largest absolute Gasteiger partial charge is 0.497 e. The second-order valence-electron chi connectivity index (χ2n) is 4.57. The van der Waals surface area contributed by atoms with Crippen molar-refractivity contribution in [2.45, 2.75) is 26.2 Å². The molecule has 0 amide bonds. The highest BCUT2D eigenvalue weighted by atomic mass is 16.5. The van der Waals surface area contributed by atoms with Crippen LogP contribution in [-0.2, 0) is 4.79 Å². The number of ether oxygens (including phenoxy) is 1. The van der Waals surface area contributed by atoms with E-state index in [1.807, 2.05) is 32.0 Å². The van der Waals surface area contributed by atoms with Crippen LogP contribution < -0.4 is 4.74 Å². The number of aliphatic carboxylic acids is 1. The summed E-state index contributed by atoms with van der Waals surface area (Å²) in [4.78, 5) is 14.1. The van der Waals surface area contributed by atoms with Crippen molar-refractivity contribution in [3.05, 3.63) is 29.5 Å². The van der Waals surface area contributed by atoms with Crippen LogP contribution >= 0.6 is 0 Å². The van der Waals surface area contributed by atoms with E-state index in [0.29, 0.717) is 0 Å². The Labute approximate surface area is 106 Å². The van der Waals surface area contributed by atoms with E-state index >= 15 is 0 Å². The first-order chi connectivity index (χ1) is 8.52. The van der Waals surface area contributed by atoms with Crippen molar-refractivity contribution >= 4 is 16.9 Å². The van der Waals surface area contributed by atoms with Crippen LogP contribution in [0, 0.1) is 6.92 Å². The van der Waals surface area contributed by atoms with Crippen LogP contribution in [0.2, 0.25) is 0 Å². The monoisotopic (exact) mass is 247 g/mol. The molecule has 0 bridgehead atoms. The van der Waals surface area contributed by atoms with Crippen LogP contribution in [-0.4, -0.2) is 23.2 Å². The van der Waals surface area contributed by atoms with Crippen LogP contribution in [0.25, 0.3) is 10.9 Å². The van der Waals surface area contributed by atoms with E-state index in [4.69, 9.17) is 9.84 Å². The second-order valence-corrected chi connectivity index (χ2v) is 4.57. The molecule has 0 aliphatic rings. The molecular formula is C14H17NO3. The van der Waals surface area contributed by atoms with E-state index in [1.54, 1.807) is 7.11 Å². The van der Waals surface area contributed by atoms with Crippen LogP contribution in [0.15, 0.2) is 18.2 Å². The zero-order chi connectivity index (χ0) is 13.3. The standard InChI is InChI=1S/C14H17NO3/c1-8(6-13(16)17)14-9(2)11-5-4-10(18-3)7-12(11)15-14/h4-5,7-8,15H,6H2,1-3H3,(H,16,17). The molecule has 0 fully saturated rings. The van der Waals surface area contributed by atoms with E-state index in [2.05, 4.69) is 4.98 Å². The Morgan fingerprint density at radius 3 is 2.83 bits per heavy atom. The number of aromatic amines is 1. The van der Waals surface area contributed by atoms with Crippen molar-refractivity contribution in [3.8, 4) is 5.75 Å². The molecule has 1 aromatic heterocycles. The number of carbonyl (C=O) groups is 1. The summed E-state index contributed by atoms with van der Waals surface area (Å²) in [5.41, 5.74) is 3.08. The van der Waals surface area contributed by atoms with E-state index in [-0.39, 0.29) is 12.3 Å². The Hall–Kier alpha value is -1.97. The molecule has 2 aromatic rings. The lowest BCUT2D eigenvalue weighted by Gasteiger charge is -2.07. The molecule has 4 nitrogen and oxygen atoms in total. The zero-order valence-electron chi connectivity index (χ0n) is 10.8. The Kier molecular flexibility index (Phi) is 3.28. The summed E-state index contributed by atoms with van der Waals surface area (Å²) in [7, 11) is 1.63. The predicted molar refractivity (Wildman–Crippen MR) is 70.3 cm³/mol. The highest BCUT2D eigenvalue weighted by Crippen LogP contribution is 2.30. The van der Waals surface area contributed by atoms with Gasteiger partial charge in [0.15, 0.2) is 0 Å². The van der Waals surface area contributed by atoms with Gasteiger partial charge in [-0.2, -0.15) is 0 Å². The summed E-state index contributed by atoms with van der Waals surface area (Å²) < 4.78 is 5.18. The van der Waals surface area contributed by atoms with Crippen molar-refractivity contribution in [2.75, 3.05) is 7.11 Å². The number of aromatic nitrogens is 1. The molecule has 1 unspecified atom stereocenters. The lowest BCUT2D eigenvalue weighted by Crippen LogP contribution is -2.04. The van der Waals surface area contributed by atoms with Crippen LogP contribution in [0.1, 0.15) is 30.5 Å². The number of carboxylic acids is 1. The third kappa shape index (κ3) is 2.18. The Bertz CT molecular complexity index is 586. The summed E-state index contributed by atoms with van der Waals surface area (Å²) in [5.74, 6) is -0.0137. The van der Waals surface area contributed by atoms with Gasteiger partial charge < -0.3 is 14.8 Å². The number of fused-ring (bicyclic) bond motifs is 1. The van der Waals surface area contributed by atoms with Gasteiger partial charge in [-0.1, -0.05) is 6.92 Å². The first-order valence-corrected chi connectivity index (χ1v) is 5.91. The van der Waals surface area contributed by atoms with Gasteiger partial charge in [0.25, 0.3) is 0 Å². The quantitative estimate of drug-likeness (QED) is 0.872. The number of hydrogen-bond donors (Lipinski definition) is 2. The number of aryl methyl sites for hydroxylation is 1. The van der Waals surface area contributed by atoms with Crippen molar-refractivity contribution in [1.29, 1.82) is 0 Å². The SMILES string of the molecule is COc1ccc2c(C)c(C(C)CC(=O)O)[nH]c2c1. The van der Waals surface area contributed by atoms with Gasteiger partial charge in [-0.25, -0.2) is 0 Å². The van der Waals surface area contributed by atoms with Crippen molar-refractivity contribution < 1.29 is 14.6 Å². The molecule has 0 saturated heterocycles. The Morgan fingerprint density at radius 2 is 2.22 bits per heavy atom. The van der Waals surface area contributed by atoms with Gasteiger partial charge in [0.1, 0.15) is 5.75 Å². The number of methoxy groups -OCH3 is 1. The second kappa shape index (κ2) is 4.72. The van der Waals surface area contributed by atoms with Crippen LogP contribution in [0.3, 0.4) is 0 Å². The number of hydrogen-bond acceptors (Lipinski definition) is 2. The third-order valence-corrected chi connectivity index (χ3v) is 3.28. The maximum absolute atomic E-state index is 10.8. The summed E-state index contributed by atoms with van der Waals surface area (Å²) in [6.07, 6.45) is 0.130. The summed E-state index contributed by atoms with van der Waals surface area (Å²) >= 11 is 0. The highest BCUT2D eigenvalue weighted by molar-refractivity contribution is 5.86. The molecule has 1 atom stereocenters. The minimum Gasteiger partial charge on any atom is -0.497 e. The first-order valence-electron chi connectivity index (χ1n) is 5.91. The van der Waals surface area contributed by atoms with Gasteiger partial charge >= 0.3 is 5.97 Å². The first kappa shape index (κ1) is 12.5. The molecule has 96 valence electrons. The third-order valence-electron chi connectivity index (χ3n) is 3.28. The van der Waals surface area contributed by atoms with Crippen molar-refractivity contribution in [2.24, 2.45) is 0 Å². The van der Waals surface area contributed by atoms with Crippen molar-refractivity contribution in [3.63, 3.8) is 0 Å². The number of H-pyrrole nitrogens is 1. The van der Waals surface area contributed by atoms with Gasteiger partial charge in [-0.05, 0) is 24.6 Å². The molecule has 1 aromatic carbocycles. The highest BCUT2D eigenvalue weighted by Gasteiger charge is 2.16. The molecular weight excluding hydrogens is 230 g/mol. The van der Waals surface area contributed by atoms with Crippen molar-refractivity contribution in [1.82, 2.24) is 4.98 Å². The number of benzene rings is 1. The number of carboxylic acid groups (broad SMARTS) is 1. The van der Waals surface area contributed by atoms with E-state index in [9.17, 15) is 4.79 Å². The average Bonchev–Trinajstić information content (AvgIpc) is 2.65. The van der Waals surface area contributed by atoms with Gasteiger partial charge in [0.2, 0.25) is 0 Å². The van der Waals surface area contributed by atoms with Gasteiger partial charge in [-0.15, -0.1) is 0 Å². The Morgan fingerprint density at radius 1 is 1.50 bits per heavy atom. The lowest BCUT2D eigenvalue weighted by molar-refractivity contribution is -0.137. The molecule has 0 aliphatic carbocycles. The lowest BCUT2D eigenvalue weighted by atomic mass is 10.00. The maximum Gasteiger partial charge on any atom is 0.304 e. The van der Waals surface area contributed by atoms with E-state index in [1.165, 1.54) is 0 Å². The smallest absolute Gasteiger partial charge is 0.304 e. The zero-order valence-corrected chi connectivity index (χ0v) is 10.8. The van der Waals surface area contributed by atoms with E-state index < -0.39 is 5.97 Å². The fourth-order valence-electron chi connectivity index (χ4n) is 2.32. The summed E-state index contributed by atoms with van der Waals surface area (Å²) in [6, 6.07) is 5.84. The predicted octanol–water partition coefficient (Wildman–Crippen LogP) is 3.06. The van der Waals surface area contributed by atoms with Crippen LogP contribution in [0.5, 0.6) is 5.75 Å². The normalized spacial score (nSPS) is 12.6. The fourth-order valence-corrected chi connectivity index (χ4v) is 2.32. The molecule has 0 saturated carbocycles. The topological polar surface area (TPSA) is 62.3 Å². The number of rotatable bonds is 4. The fraction of sp³-hybridized carbons (Fsp3) is 0.357. The maximum atomic E-state index is 10.8. The molecule has 2 rings (SSSR count). The average molecular weight is 247 g/mol. The minimum atomic E-state index is -0.780. The van der Waals surface area contributed by atoms with Crippen LogP contribution in [0.4, 0.5) is 0 Å². The molecule has 0 spiro atoms. The van der Waals surface area contributed by atoms with Gasteiger partial charge in [0.05, 0.1) is 13.5 Å². The summed E-state index contributed by atoms with van der Waals surface area (Å²) in [5, 5.41) is 9.97. The van der Waals surface area contributed by atoms with Gasteiger partial charge in [0, 0.05) is 28.6 Å². The minimum absolute atomic E-state index is 0.0269. The summed E-state index contributed by atoms with van der Waals surface area (Å²) in [6.45, 7) is 3.93. The molecule has 4 heteroatoms. The molecule has 0 aliphatic heterocycles.